The van der Waals surface area contributed by atoms with Crippen LogP contribution in [0.5, 0.6) is 5.75 Å². The largest absolute Gasteiger partial charge is 0.489 e. The number of sulfonamides is 1. The van der Waals surface area contributed by atoms with Gasteiger partial charge in [-0.3, -0.25) is 4.90 Å². The van der Waals surface area contributed by atoms with E-state index in [2.05, 4.69) is 27.3 Å². The summed E-state index contributed by atoms with van der Waals surface area (Å²) in [6, 6.07) is 12.7. The third-order valence-corrected chi connectivity index (χ3v) is 7.23. The van der Waals surface area contributed by atoms with Crippen molar-refractivity contribution in [2.24, 2.45) is 5.14 Å². The summed E-state index contributed by atoms with van der Waals surface area (Å²) in [7, 11) is -3.85. The second-order valence-electron chi connectivity index (χ2n) is 8.68. The van der Waals surface area contributed by atoms with Gasteiger partial charge in [0.05, 0.1) is 22.4 Å². The zero-order valence-electron chi connectivity index (χ0n) is 19.2. The van der Waals surface area contributed by atoms with Crippen molar-refractivity contribution in [1.29, 1.82) is 0 Å². The minimum Gasteiger partial charge on any atom is -0.489 e. The summed E-state index contributed by atoms with van der Waals surface area (Å²) in [6.07, 6.45) is 0.462. The van der Waals surface area contributed by atoms with Crippen LogP contribution in [0.2, 0.25) is 0 Å². The van der Waals surface area contributed by atoms with Gasteiger partial charge >= 0.3 is 0 Å². The molecule has 0 amide bonds. The van der Waals surface area contributed by atoms with Crippen LogP contribution in [0.15, 0.2) is 52.7 Å². The maximum atomic E-state index is 13.3. The molecule has 2 aromatic carbocycles. The smallest absolute Gasteiger partial charge is 0.238 e. The molecule has 0 radical (unpaired) electrons. The highest BCUT2D eigenvalue weighted by molar-refractivity contribution is 7.89. The number of aromatic nitrogens is 1. The van der Waals surface area contributed by atoms with E-state index in [1.54, 1.807) is 6.07 Å². The molecule has 0 bridgehead atoms. The molecule has 7 nitrogen and oxygen atoms in total. The molecule has 0 aliphatic carbocycles. The van der Waals surface area contributed by atoms with Crippen molar-refractivity contribution < 1.29 is 17.5 Å². The molecule has 2 heterocycles. The van der Waals surface area contributed by atoms with E-state index in [9.17, 15) is 12.8 Å². The highest BCUT2D eigenvalue weighted by Crippen LogP contribution is 2.34. The van der Waals surface area contributed by atoms with Crippen molar-refractivity contribution in [2.75, 3.05) is 18.4 Å². The molecular weight excluding hydrogens is 475 g/mol. The van der Waals surface area contributed by atoms with Gasteiger partial charge in [-0.05, 0) is 50.5 Å². The molecule has 3 N–H and O–H groups in total. The van der Waals surface area contributed by atoms with Gasteiger partial charge in [0, 0.05) is 30.6 Å². The molecule has 182 valence electrons. The monoisotopic (exact) mass is 504 g/mol. The standard InChI is InChI=1S/C24H29FN4O3S2/c1-16(2)32-23-8-7-20(34(26,30)31)13-21(23)27-24-28-22(15-33-24)18-5-3-17(4-6-18)14-29-11-9-19(25)10-12-29/h3-8,13,15-16,19H,9-12,14H2,1-2H3,(H,27,28)(H2,26,30,31). The van der Waals surface area contributed by atoms with Crippen LogP contribution in [-0.2, 0) is 16.6 Å². The van der Waals surface area contributed by atoms with Crippen molar-refractivity contribution in [2.45, 2.75) is 50.4 Å². The summed E-state index contributed by atoms with van der Waals surface area (Å²) in [4.78, 5) is 6.94. The molecule has 10 heteroatoms. The normalized spacial score (nSPS) is 15.6. The molecule has 1 fully saturated rings. The predicted octanol–water partition coefficient (Wildman–Crippen LogP) is 4.92. The fraction of sp³-hybridized carbons (Fsp3) is 0.375. The number of alkyl halides is 1. The van der Waals surface area contributed by atoms with Crippen LogP contribution in [0.4, 0.5) is 15.2 Å². The summed E-state index contributed by atoms with van der Waals surface area (Å²) in [6.45, 7) is 6.19. The number of anilines is 2. The lowest BCUT2D eigenvalue weighted by atomic mass is 10.1. The van der Waals surface area contributed by atoms with Gasteiger partial charge in [-0.2, -0.15) is 0 Å². The lowest BCUT2D eigenvalue weighted by Gasteiger charge is -2.28. The van der Waals surface area contributed by atoms with Gasteiger partial charge in [0.1, 0.15) is 11.9 Å². The van der Waals surface area contributed by atoms with Crippen LogP contribution in [0.25, 0.3) is 11.3 Å². The number of rotatable bonds is 8. The highest BCUT2D eigenvalue weighted by Gasteiger charge is 2.18. The topological polar surface area (TPSA) is 97.5 Å². The van der Waals surface area contributed by atoms with Gasteiger partial charge in [0.25, 0.3) is 0 Å². The number of nitrogens with two attached hydrogens (primary N) is 1. The Labute approximate surface area is 203 Å². The van der Waals surface area contributed by atoms with Crippen molar-refractivity contribution in [3.05, 3.63) is 53.4 Å². The van der Waals surface area contributed by atoms with Crippen LogP contribution in [0, 0.1) is 0 Å². The molecule has 1 saturated heterocycles. The molecule has 3 aromatic rings. The fourth-order valence-electron chi connectivity index (χ4n) is 3.82. The zero-order valence-corrected chi connectivity index (χ0v) is 20.8. The Hall–Kier alpha value is -2.53. The Morgan fingerprint density at radius 3 is 2.56 bits per heavy atom. The van der Waals surface area contributed by atoms with Gasteiger partial charge in [-0.25, -0.2) is 22.9 Å². The second-order valence-corrected chi connectivity index (χ2v) is 11.1. The van der Waals surface area contributed by atoms with E-state index < -0.39 is 16.2 Å². The first-order valence-electron chi connectivity index (χ1n) is 11.2. The van der Waals surface area contributed by atoms with Crippen LogP contribution >= 0.6 is 11.3 Å². The first-order valence-corrected chi connectivity index (χ1v) is 13.6. The van der Waals surface area contributed by atoms with E-state index >= 15 is 0 Å². The lowest BCUT2D eigenvalue weighted by Crippen LogP contribution is -2.33. The maximum Gasteiger partial charge on any atom is 0.238 e. The molecule has 4 rings (SSSR count). The van der Waals surface area contributed by atoms with E-state index in [4.69, 9.17) is 9.88 Å². The third kappa shape index (κ3) is 6.32. The molecule has 1 aliphatic heterocycles. The molecule has 1 aromatic heterocycles. The molecule has 0 atom stereocenters. The Kier molecular flexibility index (Phi) is 7.51. The van der Waals surface area contributed by atoms with E-state index in [0.29, 0.717) is 29.4 Å². The van der Waals surface area contributed by atoms with E-state index in [1.165, 1.54) is 29.0 Å². The van der Waals surface area contributed by atoms with Gasteiger partial charge in [0.15, 0.2) is 5.13 Å². The summed E-state index contributed by atoms with van der Waals surface area (Å²) >= 11 is 1.41. The number of nitrogens with zero attached hydrogens (tertiary/aromatic N) is 2. The summed E-state index contributed by atoms with van der Waals surface area (Å²) in [5.41, 5.74) is 3.46. The van der Waals surface area contributed by atoms with E-state index in [1.807, 2.05) is 31.4 Å². The molecule has 0 saturated carbocycles. The van der Waals surface area contributed by atoms with Crippen LogP contribution in [-0.4, -0.2) is 43.7 Å². The van der Waals surface area contributed by atoms with Crippen LogP contribution < -0.4 is 15.2 Å². The molecule has 0 unspecified atom stereocenters. The second kappa shape index (κ2) is 10.4. The maximum absolute atomic E-state index is 13.3. The number of ether oxygens (including phenoxy) is 1. The fourth-order valence-corrected chi connectivity index (χ4v) is 5.09. The Bertz CT molecular complexity index is 1220. The number of likely N-dealkylation sites (tertiary alicyclic amines) is 1. The first kappa shape index (κ1) is 24.6. The average Bonchev–Trinajstić information content (AvgIpc) is 3.24. The SMILES string of the molecule is CC(C)Oc1ccc(S(N)(=O)=O)cc1Nc1nc(-c2ccc(CN3CCC(F)CC3)cc2)cs1. The Balaban J connectivity index is 1.48. The number of hydrogen-bond donors (Lipinski definition) is 2. The van der Waals surface area contributed by atoms with Gasteiger partial charge in [0.2, 0.25) is 10.0 Å². The lowest BCUT2D eigenvalue weighted by molar-refractivity contribution is 0.145. The minimum absolute atomic E-state index is 0.00536. The van der Waals surface area contributed by atoms with Crippen molar-refractivity contribution >= 4 is 32.2 Å². The van der Waals surface area contributed by atoms with Crippen molar-refractivity contribution in [1.82, 2.24) is 9.88 Å². The molecular formula is C24H29FN4O3S2. The van der Waals surface area contributed by atoms with Gasteiger partial charge < -0.3 is 10.1 Å². The van der Waals surface area contributed by atoms with Crippen LogP contribution in [0.3, 0.4) is 0 Å². The highest BCUT2D eigenvalue weighted by atomic mass is 32.2. The molecule has 34 heavy (non-hydrogen) atoms. The number of benzene rings is 2. The number of halogens is 1. The summed E-state index contributed by atoms with van der Waals surface area (Å²) in [5.74, 6) is 0.514. The predicted molar refractivity (Wildman–Crippen MR) is 134 cm³/mol. The molecule has 0 spiro atoms. The first-order chi connectivity index (χ1) is 16.2. The van der Waals surface area contributed by atoms with Crippen molar-refractivity contribution in [3.63, 3.8) is 0 Å². The zero-order chi connectivity index (χ0) is 24.3. The van der Waals surface area contributed by atoms with Gasteiger partial charge in [-0.1, -0.05) is 24.3 Å². The van der Waals surface area contributed by atoms with Gasteiger partial charge in [-0.15, -0.1) is 11.3 Å². The molecule has 1 aliphatic rings. The number of piperidine rings is 1. The number of thiazole rings is 1. The Morgan fingerprint density at radius 1 is 1.21 bits per heavy atom. The van der Waals surface area contributed by atoms with Crippen LogP contribution in [0.1, 0.15) is 32.3 Å². The number of nitrogens with one attached hydrogen (secondary N) is 1. The minimum atomic E-state index is -3.85. The Morgan fingerprint density at radius 2 is 1.91 bits per heavy atom. The number of primary sulfonamides is 1. The van der Waals surface area contributed by atoms with E-state index in [0.717, 1.165) is 30.9 Å². The quantitative estimate of drug-likeness (QED) is 0.452. The average molecular weight is 505 g/mol. The summed E-state index contributed by atoms with van der Waals surface area (Å²) < 4.78 is 42.8. The van der Waals surface area contributed by atoms with E-state index in [-0.39, 0.29) is 11.0 Å². The number of hydrogen-bond acceptors (Lipinski definition) is 7. The third-order valence-electron chi connectivity index (χ3n) is 5.56. The van der Waals surface area contributed by atoms with Crippen molar-refractivity contribution in [3.8, 4) is 17.0 Å². The summed E-state index contributed by atoms with van der Waals surface area (Å²) in [5, 5.41) is 11.0.